The van der Waals surface area contributed by atoms with E-state index >= 15 is 0 Å². The Morgan fingerprint density at radius 1 is 1.35 bits per heavy atom. The van der Waals surface area contributed by atoms with Crippen LogP contribution < -0.4 is 5.32 Å². The number of hydrogen-bond donors (Lipinski definition) is 1. The number of anilines is 1. The van der Waals surface area contributed by atoms with Crippen LogP contribution in [0.3, 0.4) is 0 Å². The van der Waals surface area contributed by atoms with Gasteiger partial charge in [0.2, 0.25) is 11.0 Å². The number of nitrogens with one attached hydrogen (secondary N) is 1. The highest BCUT2D eigenvalue weighted by atomic mass is 32.1. The maximum atomic E-state index is 11.4. The van der Waals surface area contributed by atoms with Crippen LogP contribution in [0.4, 0.5) is 10.8 Å². The second-order valence-corrected chi connectivity index (χ2v) is 4.99. The average Bonchev–Trinajstić information content (AvgIpc) is 2.87. The molecule has 1 aromatic heterocycles. The summed E-state index contributed by atoms with van der Waals surface area (Å²) < 4.78 is 0. The van der Waals surface area contributed by atoms with Gasteiger partial charge < -0.3 is 5.32 Å². The Morgan fingerprint density at radius 3 is 2.65 bits per heavy atom. The molecule has 8 heteroatoms. The maximum absolute atomic E-state index is 11.4. The van der Waals surface area contributed by atoms with Gasteiger partial charge in [0.15, 0.2) is 0 Å². The first-order valence-electron chi connectivity index (χ1n) is 5.98. The van der Waals surface area contributed by atoms with E-state index < -0.39 is 4.92 Å². The SMILES string of the molecule is CCCC(=O)Nc1nnc(-c2ccc([N+](=O)[O-])cc2)s1. The highest BCUT2D eigenvalue weighted by Gasteiger charge is 2.11. The Kier molecular flexibility index (Phi) is 4.36. The topological polar surface area (TPSA) is 98.0 Å². The number of hydrogen-bond acceptors (Lipinski definition) is 6. The number of nitro benzene ring substituents is 1. The van der Waals surface area contributed by atoms with E-state index in [-0.39, 0.29) is 11.6 Å². The summed E-state index contributed by atoms with van der Waals surface area (Å²) in [5, 5.41) is 22.1. The molecule has 1 heterocycles. The number of carbonyl (C=O) groups excluding carboxylic acids is 1. The molecule has 0 atom stereocenters. The predicted molar refractivity (Wildman–Crippen MR) is 75.5 cm³/mol. The second kappa shape index (κ2) is 6.20. The molecule has 2 aromatic rings. The molecule has 7 nitrogen and oxygen atoms in total. The van der Waals surface area contributed by atoms with Crippen molar-refractivity contribution in [2.45, 2.75) is 19.8 Å². The van der Waals surface area contributed by atoms with Crippen LogP contribution in [0.1, 0.15) is 19.8 Å². The molecule has 0 bridgehead atoms. The molecule has 1 amide bonds. The predicted octanol–water partition coefficient (Wildman–Crippen LogP) is 2.85. The van der Waals surface area contributed by atoms with E-state index in [0.717, 1.165) is 12.0 Å². The molecule has 0 aliphatic rings. The standard InChI is InChI=1S/C12H12N4O3S/c1-2-3-10(17)13-12-15-14-11(20-12)8-4-6-9(7-5-8)16(18)19/h4-7H,2-3H2,1H3,(H,13,15,17). The lowest BCUT2D eigenvalue weighted by Gasteiger charge is -1.97. The third-order valence-corrected chi connectivity index (χ3v) is 3.36. The van der Waals surface area contributed by atoms with E-state index in [1.807, 2.05) is 6.92 Å². The highest BCUT2D eigenvalue weighted by Crippen LogP contribution is 2.27. The first kappa shape index (κ1) is 14.1. The van der Waals surface area contributed by atoms with Crippen molar-refractivity contribution in [1.29, 1.82) is 0 Å². The lowest BCUT2D eigenvalue weighted by molar-refractivity contribution is -0.384. The number of aromatic nitrogens is 2. The van der Waals surface area contributed by atoms with Crippen molar-refractivity contribution < 1.29 is 9.72 Å². The number of benzene rings is 1. The van der Waals surface area contributed by atoms with E-state index in [1.165, 1.54) is 23.5 Å². The molecule has 104 valence electrons. The van der Waals surface area contributed by atoms with Crippen molar-refractivity contribution in [2.24, 2.45) is 0 Å². The molecule has 2 rings (SSSR count). The highest BCUT2D eigenvalue weighted by molar-refractivity contribution is 7.18. The third kappa shape index (κ3) is 3.35. The van der Waals surface area contributed by atoms with Crippen LogP contribution in [0.15, 0.2) is 24.3 Å². The van der Waals surface area contributed by atoms with Crippen LogP contribution in [0.5, 0.6) is 0 Å². The van der Waals surface area contributed by atoms with Crippen molar-refractivity contribution in [3.8, 4) is 10.6 Å². The number of rotatable bonds is 5. The first-order chi connectivity index (χ1) is 9.60. The van der Waals surface area contributed by atoms with Gasteiger partial charge in [-0.05, 0) is 18.6 Å². The Hall–Kier alpha value is -2.35. The first-order valence-corrected chi connectivity index (χ1v) is 6.80. The van der Waals surface area contributed by atoms with Gasteiger partial charge in [0.05, 0.1) is 4.92 Å². The molecule has 0 radical (unpaired) electrons. The zero-order chi connectivity index (χ0) is 14.5. The van der Waals surface area contributed by atoms with E-state index in [9.17, 15) is 14.9 Å². The Morgan fingerprint density at radius 2 is 2.05 bits per heavy atom. The van der Waals surface area contributed by atoms with Gasteiger partial charge in [0.1, 0.15) is 5.01 Å². The van der Waals surface area contributed by atoms with Crippen molar-refractivity contribution in [1.82, 2.24) is 10.2 Å². The van der Waals surface area contributed by atoms with E-state index in [2.05, 4.69) is 15.5 Å². The summed E-state index contributed by atoms with van der Waals surface area (Å²) >= 11 is 1.23. The molecule has 0 unspecified atom stereocenters. The lowest BCUT2D eigenvalue weighted by Crippen LogP contribution is -2.10. The molecule has 1 N–H and O–H groups in total. The van der Waals surface area contributed by atoms with Gasteiger partial charge in [0.25, 0.3) is 5.69 Å². The monoisotopic (exact) mass is 292 g/mol. The molecule has 0 aliphatic heterocycles. The third-order valence-electron chi connectivity index (χ3n) is 2.47. The number of non-ortho nitro benzene ring substituents is 1. The molecular formula is C12H12N4O3S. The van der Waals surface area contributed by atoms with Crippen LogP contribution in [-0.4, -0.2) is 21.0 Å². The summed E-state index contributed by atoms with van der Waals surface area (Å²) in [5.74, 6) is -0.0982. The molecule has 20 heavy (non-hydrogen) atoms. The van der Waals surface area contributed by atoms with Crippen molar-refractivity contribution in [2.75, 3.05) is 5.32 Å². The van der Waals surface area contributed by atoms with Crippen molar-refractivity contribution in [3.63, 3.8) is 0 Å². The Bertz CT molecular complexity index is 624. The summed E-state index contributed by atoms with van der Waals surface area (Å²) in [7, 11) is 0. The molecule has 0 fully saturated rings. The fraction of sp³-hybridized carbons (Fsp3) is 0.250. The van der Waals surface area contributed by atoms with Crippen LogP contribution in [0.2, 0.25) is 0 Å². The van der Waals surface area contributed by atoms with Gasteiger partial charge in [-0.25, -0.2) is 0 Å². The van der Waals surface area contributed by atoms with Gasteiger partial charge in [-0.1, -0.05) is 18.3 Å². The summed E-state index contributed by atoms with van der Waals surface area (Å²) in [6.45, 7) is 1.92. The van der Waals surface area contributed by atoms with Crippen LogP contribution >= 0.6 is 11.3 Å². The van der Waals surface area contributed by atoms with E-state index in [0.29, 0.717) is 16.6 Å². The zero-order valence-corrected chi connectivity index (χ0v) is 11.5. The van der Waals surface area contributed by atoms with Crippen molar-refractivity contribution >= 4 is 28.1 Å². The summed E-state index contributed by atoms with van der Waals surface area (Å²) in [6, 6.07) is 6.03. The number of nitro groups is 1. The molecule has 0 saturated carbocycles. The number of nitrogens with zero attached hydrogens (tertiary/aromatic N) is 3. The van der Waals surface area contributed by atoms with Gasteiger partial charge in [-0.2, -0.15) is 0 Å². The normalized spacial score (nSPS) is 10.2. The molecule has 1 aromatic carbocycles. The average molecular weight is 292 g/mol. The van der Waals surface area contributed by atoms with Gasteiger partial charge in [0, 0.05) is 24.1 Å². The second-order valence-electron chi connectivity index (χ2n) is 4.01. The maximum Gasteiger partial charge on any atom is 0.269 e. The number of carbonyl (C=O) groups is 1. The molecule has 0 spiro atoms. The van der Waals surface area contributed by atoms with E-state index in [1.54, 1.807) is 12.1 Å². The molecule has 0 aliphatic carbocycles. The fourth-order valence-electron chi connectivity index (χ4n) is 1.52. The Labute approximate surface area is 118 Å². The zero-order valence-electron chi connectivity index (χ0n) is 10.7. The summed E-state index contributed by atoms with van der Waals surface area (Å²) in [5.41, 5.74) is 0.749. The number of amides is 1. The minimum absolute atomic E-state index is 0.0229. The summed E-state index contributed by atoms with van der Waals surface area (Å²) in [6.07, 6.45) is 1.20. The fourth-order valence-corrected chi connectivity index (χ4v) is 2.29. The van der Waals surface area contributed by atoms with Gasteiger partial charge in [-0.3, -0.25) is 14.9 Å². The van der Waals surface area contributed by atoms with E-state index in [4.69, 9.17) is 0 Å². The quantitative estimate of drug-likeness (QED) is 0.675. The van der Waals surface area contributed by atoms with Crippen molar-refractivity contribution in [3.05, 3.63) is 34.4 Å². The minimum Gasteiger partial charge on any atom is -0.301 e. The molecular weight excluding hydrogens is 280 g/mol. The van der Waals surface area contributed by atoms with Crippen LogP contribution in [0, 0.1) is 10.1 Å². The van der Waals surface area contributed by atoms with Crippen LogP contribution in [0.25, 0.3) is 10.6 Å². The van der Waals surface area contributed by atoms with Gasteiger partial charge in [-0.15, -0.1) is 10.2 Å². The smallest absolute Gasteiger partial charge is 0.269 e. The van der Waals surface area contributed by atoms with Crippen LogP contribution in [-0.2, 0) is 4.79 Å². The lowest BCUT2D eigenvalue weighted by atomic mass is 10.2. The minimum atomic E-state index is -0.458. The largest absolute Gasteiger partial charge is 0.301 e. The Balaban J connectivity index is 2.12. The summed E-state index contributed by atoms with van der Waals surface area (Å²) in [4.78, 5) is 21.5. The van der Waals surface area contributed by atoms with Gasteiger partial charge >= 0.3 is 0 Å². The molecule has 0 saturated heterocycles.